The van der Waals surface area contributed by atoms with E-state index in [-0.39, 0.29) is 5.82 Å². The number of carbonyl (C=O) groups excluding carboxylic acids is 1. The molecule has 0 unspecified atom stereocenters. The molecule has 1 aromatic heterocycles. The third-order valence-electron chi connectivity index (χ3n) is 3.68. The molecule has 0 saturated carbocycles. The predicted molar refractivity (Wildman–Crippen MR) is 89.0 cm³/mol. The van der Waals surface area contributed by atoms with Gasteiger partial charge < -0.3 is 9.88 Å². The first-order valence-electron chi connectivity index (χ1n) is 7.60. The van der Waals surface area contributed by atoms with E-state index in [1.54, 1.807) is 35.8 Å². The number of rotatable bonds is 5. The standard InChI is InChI=1S/C17H17FN4O2/c1-2-10-22-14-5-3-4-13(18)15(14)20-17(22)19-12-8-6-11(7-9-12)16(23)21-24/h3-9,24H,2,10H2,1H3,(H,19,20)(H,21,23). The molecule has 0 spiro atoms. The van der Waals surface area contributed by atoms with Crippen LogP contribution < -0.4 is 10.8 Å². The van der Waals surface area contributed by atoms with Crippen LogP contribution in [0.5, 0.6) is 0 Å². The van der Waals surface area contributed by atoms with Crippen molar-refractivity contribution >= 4 is 28.6 Å². The van der Waals surface area contributed by atoms with Gasteiger partial charge in [0, 0.05) is 17.8 Å². The molecular weight excluding hydrogens is 311 g/mol. The molecular formula is C17H17FN4O2. The number of carbonyl (C=O) groups is 1. The van der Waals surface area contributed by atoms with Crippen molar-refractivity contribution in [2.24, 2.45) is 0 Å². The van der Waals surface area contributed by atoms with Crippen molar-refractivity contribution in [3.05, 3.63) is 53.8 Å². The maximum Gasteiger partial charge on any atom is 0.274 e. The molecule has 1 heterocycles. The van der Waals surface area contributed by atoms with Crippen molar-refractivity contribution < 1.29 is 14.4 Å². The fourth-order valence-electron chi connectivity index (χ4n) is 2.56. The van der Waals surface area contributed by atoms with Crippen LogP contribution in [0.1, 0.15) is 23.7 Å². The van der Waals surface area contributed by atoms with Crippen LogP contribution in [0.2, 0.25) is 0 Å². The molecule has 3 N–H and O–H groups in total. The molecule has 0 atom stereocenters. The Morgan fingerprint density at radius 3 is 2.67 bits per heavy atom. The Kier molecular flexibility index (Phi) is 4.43. The zero-order chi connectivity index (χ0) is 17.1. The number of amides is 1. The van der Waals surface area contributed by atoms with E-state index < -0.39 is 5.91 Å². The molecule has 124 valence electrons. The molecule has 3 rings (SSSR count). The second-order valence-corrected chi connectivity index (χ2v) is 5.34. The summed E-state index contributed by atoms with van der Waals surface area (Å²) in [6, 6.07) is 11.4. The number of imidazole rings is 1. The van der Waals surface area contributed by atoms with Crippen LogP contribution in [0.4, 0.5) is 16.0 Å². The largest absolute Gasteiger partial charge is 0.326 e. The highest BCUT2D eigenvalue weighted by Crippen LogP contribution is 2.25. The fraction of sp³-hybridized carbons (Fsp3) is 0.176. The number of hydrogen-bond acceptors (Lipinski definition) is 4. The highest BCUT2D eigenvalue weighted by molar-refractivity contribution is 5.93. The van der Waals surface area contributed by atoms with Gasteiger partial charge in [-0.2, -0.15) is 0 Å². The number of nitrogens with one attached hydrogen (secondary N) is 2. The van der Waals surface area contributed by atoms with Crippen LogP contribution in [0.3, 0.4) is 0 Å². The minimum atomic E-state index is -0.582. The molecule has 0 aliphatic carbocycles. The summed E-state index contributed by atoms with van der Waals surface area (Å²) >= 11 is 0. The van der Waals surface area contributed by atoms with Gasteiger partial charge in [0.15, 0.2) is 5.82 Å². The van der Waals surface area contributed by atoms with Gasteiger partial charge in [0.1, 0.15) is 5.52 Å². The van der Waals surface area contributed by atoms with Gasteiger partial charge in [-0.3, -0.25) is 10.0 Å². The topological polar surface area (TPSA) is 79.2 Å². The summed E-state index contributed by atoms with van der Waals surface area (Å²) in [6.45, 7) is 2.74. The number of halogens is 1. The zero-order valence-corrected chi connectivity index (χ0v) is 13.1. The number of nitrogens with zero attached hydrogens (tertiary/aromatic N) is 2. The van der Waals surface area contributed by atoms with Crippen molar-refractivity contribution in [2.45, 2.75) is 19.9 Å². The summed E-state index contributed by atoms with van der Waals surface area (Å²) in [5.41, 5.74) is 3.67. The van der Waals surface area contributed by atoms with Gasteiger partial charge >= 0.3 is 0 Å². The molecule has 24 heavy (non-hydrogen) atoms. The summed E-state index contributed by atoms with van der Waals surface area (Å²) < 4.78 is 15.9. The first kappa shape index (κ1) is 15.9. The molecule has 0 radical (unpaired) electrons. The van der Waals surface area contributed by atoms with Crippen LogP contribution in [0.15, 0.2) is 42.5 Å². The Bertz CT molecular complexity index is 874. The quantitative estimate of drug-likeness (QED) is 0.495. The Morgan fingerprint density at radius 1 is 1.25 bits per heavy atom. The van der Waals surface area contributed by atoms with Gasteiger partial charge in [-0.05, 0) is 42.8 Å². The van der Waals surface area contributed by atoms with Crippen molar-refractivity contribution in [2.75, 3.05) is 5.32 Å². The third-order valence-corrected chi connectivity index (χ3v) is 3.68. The fourth-order valence-corrected chi connectivity index (χ4v) is 2.56. The normalized spacial score (nSPS) is 10.8. The Hall–Kier alpha value is -2.93. The van der Waals surface area contributed by atoms with E-state index in [2.05, 4.69) is 10.3 Å². The van der Waals surface area contributed by atoms with Gasteiger partial charge in [-0.1, -0.05) is 13.0 Å². The maximum atomic E-state index is 14.0. The van der Waals surface area contributed by atoms with Crippen molar-refractivity contribution in [1.82, 2.24) is 15.0 Å². The third kappa shape index (κ3) is 2.93. The highest BCUT2D eigenvalue weighted by atomic mass is 19.1. The molecule has 1 amide bonds. The monoisotopic (exact) mass is 328 g/mol. The van der Waals surface area contributed by atoms with Gasteiger partial charge in [0.2, 0.25) is 5.95 Å². The average Bonchev–Trinajstić information content (AvgIpc) is 2.94. The lowest BCUT2D eigenvalue weighted by Crippen LogP contribution is -2.18. The Balaban J connectivity index is 1.96. The van der Waals surface area contributed by atoms with Crippen molar-refractivity contribution in [3.8, 4) is 0 Å². The van der Waals surface area contributed by atoms with Gasteiger partial charge in [-0.15, -0.1) is 0 Å². The number of aryl methyl sites for hydroxylation is 1. The number of aromatic nitrogens is 2. The maximum absolute atomic E-state index is 14.0. The van der Waals surface area contributed by atoms with Crippen LogP contribution in [0.25, 0.3) is 11.0 Å². The molecule has 0 saturated heterocycles. The molecule has 3 aromatic rings. The Morgan fingerprint density at radius 2 is 2.00 bits per heavy atom. The minimum Gasteiger partial charge on any atom is -0.326 e. The van der Waals surface area contributed by atoms with Crippen LogP contribution in [0, 0.1) is 5.82 Å². The van der Waals surface area contributed by atoms with Crippen molar-refractivity contribution in [3.63, 3.8) is 0 Å². The van der Waals surface area contributed by atoms with E-state index in [1.807, 2.05) is 17.6 Å². The number of anilines is 2. The molecule has 0 aliphatic heterocycles. The molecule has 2 aromatic carbocycles. The van der Waals surface area contributed by atoms with Crippen LogP contribution in [-0.4, -0.2) is 20.7 Å². The number of hydroxylamine groups is 1. The van der Waals surface area contributed by atoms with E-state index in [4.69, 9.17) is 5.21 Å². The van der Waals surface area contributed by atoms with Gasteiger partial charge in [0.05, 0.1) is 5.52 Å². The average molecular weight is 328 g/mol. The van der Waals surface area contributed by atoms with E-state index in [0.717, 1.165) is 11.9 Å². The second kappa shape index (κ2) is 6.67. The second-order valence-electron chi connectivity index (χ2n) is 5.34. The van der Waals surface area contributed by atoms with E-state index in [1.165, 1.54) is 6.07 Å². The van der Waals surface area contributed by atoms with Crippen molar-refractivity contribution in [1.29, 1.82) is 0 Å². The smallest absolute Gasteiger partial charge is 0.274 e. The van der Waals surface area contributed by atoms with Gasteiger partial charge in [-0.25, -0.2) is 14.9 Å². The first-order chi connectivity index (χ1) is 11.6. The summed E-state index contributed by atoms with van der Waals surface area (Å²) in [5, 5.41) is 11.8. The zero-order valence-electron chi connectivity index (χ0n) is 13.1. The number of hydrogen-bond donors (Lipinski definition) is 3. The van der Waals surface area contributed by atoms with Crippen LogP contribution in [-0.2, 0) is 6.54 Å². The molecule has 0 aliphatic rings. The van der Waals surface area contributed by atoms with E-state index in [9.17, 15) is 9.18 Å². The van der Waals surface area contributed by atoms with E-state index in [0.29, 0.717) is 29.3 Å². The lowest BCUT2D eigenvalue weighted by molar-refractivity contribution is 0.0706. The highest BCUT2D eigenvalue weighted by Gasteiger charge is 2.13. The van der Waals surface area contributed by atoms with E-state index >= 15 is 0 Å². The lowest BCUT2D eigenvalue weighted by atomic mass is 10.2. The minimum absolute atomic E-state index is 0.324. The lowest BCUT2D eigenvalue weighted by Gasteiger charge is -2.10. The predicted octanol–water partition coefficient (Wildman–Crippen LogP) is 3.45. The number of fused-ring (bicyclic) bond motifs is 1. The number of benzene rings is 2. The molecule has 0 fully saturated rings. The molecule has 7 heteroatoms. The first-order valence-corrected chi connectivity index (χ1v) is 7.60. The summed E-state index contributed by atoms with van der Waals surface area (Å²) in [7, 11) is 0. The molecule has 6 nitrogen and oxygen atoms in total. The Labute approximate surface area is 137 Å². The summed E-state index contributed by atoms with van der Waals surface area (Å²) in [5.74, 6) is -0.404. The van der Waals surface area contributed by atoms with Crippen LogP contribution >= 0.6 is 0 Å². The summed E-state index contributed by atoms with van der Waals surface area (Å²) in [6.07, 6.45) is 0.881. The number of para-hydroxylation sites is 1. The summed E-state index contributed by atoms with van der Waals surface area (Å²) in [4.78, 5) is 15.7. The molecule has 0 bridgehead atoms. The SMILES string of the molecule is CCCn1c(Nc2ccc(C(=O)NO)cc2)nc2c(F)cccc21. The van der Waals surface area contributed by atoms with Gasteiger partial charge in [0.25, 0.3) is 5.91 Å².